The van der Waals surface area contributed by atoms with Gasteiger partial charge in [-0.05, 0) is 100 Å². The maximum Gasteiger partial charge on any atom is 0.326 e. The Bertz CT molecular complexity index is 1350. The molecule has 4 unspecified atom stereocenters. The number of benzene rings is 1. The highest BCUT2D eigenvalue weighted by Crippen LogP contribution is 2.21. The van der Waals surface area contributed by atoms with Gasteiger partial charge in [-0.25, -0.2) is 4.98 Å². The van der Waals surface area contributed by atoms with Gasteiger partial charge in [0.05, 0.1) is 17.2 Å². The molecule has 11 nitrogen and oxygen atoms in total. The predicted molar refractivity (Wildman–Crippen MR) is 182 cm³/mol. The Balaban J connectivity index is 2.36. The van der Waals surface area contributed by atoms with Crippen LogP contribution in [0.15, 0.2) is 30.7 Å². The van der Waals surface area contributed by atoms with Crippen LogP contribution >= 0.6 is 34.2 Å². The van der Waals surface area contributed by atoms with Gasteiger partial charge in [-0.3, -0.25) is 24.5 Å². The van der Waals surface area contributed by atoms with Gasteiger partial charge in [-0.15, -0.1) is 0 Å². The van der Waals surface area contributed by atoms with Gasteiger partial charge in [-0.1, -0.05) is 25.4 Å². The normalized spacial score (nSPS) is 14.6. The standard InChI is InChI=1S/C33H47ClIN3O8/c1-19(2)11-26(28(39)43-20(3)45-30(41)32(5,6)7)37-27(29(40)44-21(4)46-31(42)33(8,9)10)15-25-16-36-18-38(25)17-22-12-23(34)14-24(35)13-22/h12-14,16,18-21,26-27,37H,11,15,17H2,1-10H3. The van der Waals surface area contributed by atoms with Crippen LogP contribution in [0.3, 0.4) is 0 Å². The van der Waals surface area contributed by atoms with Crippen molar-refractivity contribution >= 4 is 58.1 Å². The fourth-order valence-corrected chi connectivity index (χ4v) is 5.30. The first-order valence-electron chi connectivity index (χ1n) is 15.2. The first kappa shape index (κ1) is 39.5. The summed E-state index contributed by atoms with van der Waals surface area (Å²) in [6, 6.07) is 3.66. The summed E-state index contributed by atoms with van der Waals surface area (Å²) in [5.41, 5.74) is 0.0196. The Morgan fingerprint density at radius 1 is 0.848 bits per heavy atom. The molecule has 1 N–H and O–H groups in total. The minimum Gasteiger partial charge on any atom is -0.425 e. The fraction of sp³-hybridized carbons (Fsp3) is 0.606. The number of carbonyl (C=O) groups is 4. The molecule has 0 spiro atoms. The molecule has 46 heavy (non-hydrogen) atoms. The van der Waals surface area contributed by atoms with E-state index in [4.69, 9.17) is 30.5 Å². The van der Waals surface area contributed by atoms with Crippen LogP contribution in [0.25, 0.3) is 0 Å². The molecule has 0 aliphatic rings. The van der Waals surface area contributed by atoms with E-state index in [9.17, 15) is 19.2 Å². The van der Waals surface area contributed by atoms with E-state index < -0.39 is 59.4 Å². The van der Waals surface area contributed by atoms with E-state index in [2.05, 4.69) is 32.9 Å². The van der Waals surface area contributed by atoms with E-state index in [1.54, 1.807) is 54.1 Å². The number of aromatic nitrogens is 2. The number of imidazole rings is 1. The van der Waals surface area contributed by atoms with Gasteiger partial charge in [0.25, 0.3) is 0 Å². The summed E-state index contributed by atoms with van der Waals surface area (Å²) in [5.74, 6) is -2.48. The van der Waals surface area contributed by atoms with E-state index in [0.717, 1.165) is 9.13 Å². The van der Waals surface area contributed by atoms with Crippen LogP contribution < -0.4 is 5.32 Å². The first-order valence-corrected chi connectivity index (χ1v) is 16.6. The van der Waals surface area contributed by atoms with Crippen LogP contribution in [0.2, 0.25) is 5.02 Å². The number of rotatable bonds is 14. The number of hydrogen-bond donors (Lipinski definition) is 1. The molecule has 0 amide bonds. The van der Waals surface area contributed by atoms with Crippen molar-refractivity contribution in [1.29, 1.82) is 0 Å². The van der Waals surface area contributed by atoms with E-state index in [-0.39, 0.29) is 12.3 Å². The summed E-state index contributed by atoms with van der Waals surface area (Å²) >= 11 is 8.47. The second-order valence-electron chi connectivity index (χ2n) is 13.7. The Morgan fingerprint density at radius 2 is 1.37 bits per heavy atom. The van der Waals surface area contributed by atoms with Gasteiger partial charge < -0.3 is 23.5 Å². The molecule has 0 bridgehead atoms. The van der Waals surface area contributed by atoms with Gasteiger partial charge in [0.15, 0.2) is 0 Å². The second kappa shape index (κ2) is 16.9. The summed E-state index contributed by atoms with van der Waals surface area (Å²) in [7, 11) is 0. The van der Waals surface area contributed by atoms with E-state index >= 15 is 0 Å². The zero-order chi connectivity index (χ0) is 35.0. The molecule has 0 saturated carbocycles. The second-order valence-corrected chi connectivity index (χ2v) is 15.4. The molecule has 13 heteroatoms. The monoisotopic (exact) mass is 775 g/mol. The maximum atomic E-state index is 13.6. The minimum atomic E-state index is -1.19. The first-order chi connectivity index (χ1) is 21.1. The van der Waals surface area contributed by atoms with E-state index in [1.165, 1.54) is 13.8 Å². The van der Waals surface area contributed by atoms with Crippen LogP contribution in [0.1, 0.15) is 86.9 Å². The Morgan fingerprint density at radius 3 is 1.85 bits per heavy atom. The number of ether oxygens (including phenoxy) is 4. The Labute approximate surface area is 290 Å². The van der Waals surface area contributed by atoms with Crippen LogP contribution in [0.4, 0.5) is 0 Å². The smallest absolute Gasteiger partial charge is 0.326 e. The Hall–Kier alpha value is -2.71. The molecule has 0 aliphatic heterocycles. The fourth-order valence-electron chi connectivity index (χ4n) is 4.12. The van der Waals surface area contributed by atoms with Crippen molar-refractivity contribution in [1.82, 2.24) is 14.9 Å². The van der Waals surface area contributed by atoms with Crippen LogP contribution in [0.5, 0.6) is 0 Å². The van der Waals surface area contributed by atoms with Crippen molar-refractivity contribution in [3.8, 4) is 0 Å². The number of esters is 4. The zero-order valence-corrected chi connectivity index (χ0v) is 31.2. The van der Waals surface area contributed by atoms with Crippen molar-refractivity contribution in [2.75, 3.05) is 0 Å². The molecule has 0 aliphatic carbocycles. The third kappa shape index (κ3) is 13.2. The largest absolute Gasteiger partial charge is 0.425 e. The van der Waals surface area contributed by atoms with Crippen molar-refractivity contribution in [2.45, 2.75) is 113 Å². The zero-order valence-electron chi connectivity index (χ0n) is 28.3. The van der Waals surface area contributed by atoms with Gasteiger partial charge in [0.1, 0.15) is 12.1 Å². The number of carbonyl (C=O) groups excluding carboxylic acids is 4. The van der Waals surface area contributed by atoms with Crippen LogP contribution in [-0.4, -0.2) is 58.1 Å². The SMILES string of the molecule is CC(C)CC(NC(Cc1cncn1Cc1cc(Cl)cc(I)c1)C(=O)OC(C)OC(=O)C(C)(C)C)C(=O)OC(C)OC(=O)C(C)(C)C. The average molecular weight is 776 g/mol. The molecule has 0 saturated heterocycles. The summed E-state index contributed by atoms with van der Waals surface area (Å²) in [6.07, 6.45) is 1.31. The number of nitrogens with one attached hydrogen (secondary N) is 1. The molecule has 2 rings (SSSR count). The van der Waals surface area contributed by atoms with E-state index in [1.807, 2.05) is 36.6 Å². The lowest BCUT2D eigenvalue weighted by Crippen LogP contribution is -2.51. The van der Waals surface area contributed by atoms with Gasteiger partial charge in [0, 0.05) is 47.3 Å². The molecule has 0 radical (unpaired) electrons. The molecule has 2 aromatic rings. The molecule has 256 valence electrons. The van der Waals surface area contributed by atoms with Gasteiger partial charge >= 0.3 is 23.9 Å². The summed E-state index contributed by atoms with van der Waals surface area (Å²) < 4.78 is 24.6. The molecular formula is C33H47ClIN3O8. The molecule has 0 fully saturated rings. The predicted octanol–water partition coefficient (Wildman–Crippen LogP) is 6.06. The quantitative estimate of drug-likeness (QED) is 0.137. The van der Waals surface area contributed by atoms with Crippen LogP contribution in [-0.2, 0) is 51.1 Å². The summed E-state index contributed by atoms with van der Waals surface area (Å²) in [5, 5.41) is 3.72. The highest BCUT2D eigenvalue weighted by Gasteiger charge is 2.34. The minimum absolute atomic E-state index is 0.0247. The average Bonchev–Trinajstić information content (AvgIpc) is 3.31. The summed E-state index contributed by atoms with van der Waals surface area (Å²) in [4.78, 5) is 56.1. The highest BCUT2D eigenvalue weighted by molar-refractivity contribution is 14.1. The third-order valence-electron chi connectivity index (χ3n) is 6.50. The van der Waals surface area contributed by atoms with Crippen molar-refractivity contribution in [3.05, 3.63) is 50.6 Å². The lowest BCUT2D eigenvalue weighted by molar-refractivity contribution is -0.192. The van der Waals surface area contributed by atoms with Crippen LogP contribution in [0, 0.1) is 20.3 Å². The molecule has 1 aromatic carbocycles. The molecule has 1 aromatic heterocycles. The Kier molecular flexibility index (Phi) is 14.5. The summed E-state index contributed by atoms with van der Waals surface area (Å²) in [6.45, 7) is 17.4. The lowest BCUT2D eigenvalue weighted by atomic mass is 9.97. The van der Waals surface area contributed by atoms with Crippen molar-refractivity contribution in [2.24, 2.45) is 16.7 Å². The van der Waals surface area contributed by atoms with Crippen molar-refractivity contribution < 1.29 is 38.1 Å². The topological polar surface area (TPSA) is 135 Å². The number of hydrogen-bond acceptors (Lipinski definition) is 10. The number of nitrogens with zero attached hydrogens (tertiary/aromatic N) is 2. The van der Waals surface area contributed by atoms with Gasteiger partial charge in [-0.2, -0.15) is 0 Å². The lowest BCUT2D eigenvalue weighted by Gasteiger charge is -2.28. The van der Waals surface area contributed by atoms with E-state index in [0.29, 0.717) is 23.7 Å². The maximum absolute atomic E-state index is 13.6. The van der Waals surface area contributed by atoms with Gasteiger partial charge in [0.2, 0.25) is 12.6 Å². The highest BCUT2D eigenvalue weighted by atomic mass is 127. The number of halogens is 2. The molecule has 4 atom stereocenters. The third-order valence-corrected chi connectivity index (χ3v) is 7.34. The molecular weight excluding hydrogens is 729 g/mol. The molecule has 1 heterocycles. The van der Waals surface area contributed by atoms with Crippen molar-refractivity contribution in [3.63, 3.8) is 0 Å².